The monoisotopic (exact) mass is 729 g/mol. The van der Waals surface area contributed by atoms with Crippen molar-refractivity contribution in [2.24, 2.45) is 0 Å². The van der Waals surface area contributed by atoms with E-state index in [-0.39, 0.29) is 29.7 Å². The molecule has 4 aliphatic rings. The number of fused-ring (bicyclic) bond motifs is 1. The molecule has 0 aliphatic carbocycles. The Balaban J connectivity index is 0.800. The van der Waals surface area contributed by atoms with Gasteiger partial charge in [-0.25, -0.2) is 0 Å². The summed E-state index contributed by atoms with van der Waals surface area (Å²) in [6.45, 7) is 6.78. The molecule has 11 nitrogen and oxygen atoms in total. The number of hydrogen-bond donors (Lipinski definition) is 1. The Labute approximate surface area is 306 Å². The first-order chi connectivity index (χ1) is 25.6. The van der Waals surface area contributed by atoms with Crippen LogP contribution >= 0.6 is 0 Å². The van der Waals surface area contributed by atoms with Crippen LogP contribution in [0.4, 0.5) is 24.5 Å². The first-order valence-corrected chi connectivity index (χ1v) is 18.3. The molecule has 0 spiro atoms. The lowest BCUT2D eigenvalue weighted by Crippen LogP contribution is -2.52. The summed E-state index contributed by atoms with van der Waals surface area (Å²) in [4.78, 5) is 49.9. The molecule has 3 fully saturated rings. The Hall–Kier alpha value is -5.16. The molecule has 1 atom stereocenters. The van der Waals surface area contributed by atoms with E-state index >= 15 is 0 Å². The third-order valence-corrected chi connectivity index (χ3v) is 10.8. The molecule has 278 valence electrons. The predicted octanol–water partition coefficient (Wildman–Crippen LogP) is 5.10. The molecule has 0 saturated carbocycles. The summed E-state index contributed by atoms with van der Waals surface area (Å²) in [5, 5.41) is 11.4. The number of alkyl halides is 3. The minimum Gasteiger partial charge on any atom is -0.492 e. The van der Waals surface area contributed by atoms with Crippen molar-refractivity contribution in [3.05, 3.63) is 82.7 Å². The average Bonchev–Trinajstić information content (AvgIpc) is 3.49. The molecule has 0 bridgehead atoms. The van der Waals surface area contributed by atoms with Crippen molar-refractivity contribution in [3.8, 4) is 11.8 Å². The van der Waals surface area contributed by atoms with Gasteiger partial charge in [-0.3, -0.25) is 29.6 Å². The maximum Gasteiger partial charge on any atom is 0.417 e. The SMILES string of the molecule is N#Cc1ccc(N2CCC(c3ccc(OCCCCN4CCN(c5ccc6c(c5)CN(C5CCC(=O)NC5=O)C6=O)CC4)cn3)CC2)cc1C(F)(F)F. The van der Waals surface area contributed by atoms with E-state index in [1.165, 1.54) is 6.07 Å². The number of anilines is 2. The molecule has 1 unspecified atom stereocenters. The van der Waals surface area contributed by atoms with E-state index in [9.17, 15) is 27.6 Å². The zero-order valence-electron chi connectivity index (χ0n) is 29.4. The van der Waals surface area contributed by atoms with Gasteiger partial charge in [0, 0.05) is 80.8 Å². The Morgan fingerprint density at radius 3 is 2.32 bits per heavy atom. The molecule has 3 aromatic rings. The molecule has 53 heavy (non-hydrogen) atoms. The molecule has 5 heterocycles. The van der Waals surface area contributed by atoms with Crippen LogP contribution in [0.5, 0.6) is 5.75 Å². The summed E-state index contributed by atoms with van der Waals surface area (Å²) < 4.78 is 46.3. The van der Waals surface area contributed by atoms with Crippen molar-refractivity contribution in [1.29, 1.82) is 5.26 Å². The van der Waals surface area contributed by atoms with Crippen molar-refractivity contribution < 1.29 is 32.3 Å². The molecule has 1 N–H and O–H groups in total. The van der Waals surface area contributed by atoms with Crippen molar-refractivity contribution in [1.82, 2.24) is 20.1 Å². The zero-order valence-corrected chi connectivity index (χ0v) is 29.4. The number of aromatic nitrogens is 1. The number of carbonyl (C=O) groups is 3. The third kappa shape index (κ3) is 8.10. The first-order valence-electron chi connectivity index (χ1n) is 18.3. The van der Waals surface area contributed by atoms with Crippen molar-refractivity contribution in [2.45, 2.75) is 63.2 Å². The van der Waals surface area contributed by atoms with Crippen LogP contribution in [0.15, 0.2) is 54.7 Å². The van der Waals surface area contributed by atoms with Gasteiger partial charge in [-0.1, -0.05) is 0 Å². The molecular weight excluding hydrogens is 687 g/mol. The topological polar surface area (TPSA) is 122 Å². The number of rotatable bonds is 10. The Bertz CT molecular complexity index is 1880. The summed E-state index contributed by atoms with van der Waals surface area (Å²) in [5.41, 5.74) is 2.79. The van der Waals surface area contributed by atoms with E-state index in [1.54, 1.807) is 23.2 Å². The normalized spacial score (nSPS) is 20.0. The second-order valence-corrected chi connectivity index (χ2v) is 14.1. The van der Waals surface area contributed by atoms with E-state index < -0.39 is 23.7 Å². The number of carbonyl (C=O) groups excluding carboxylic acids is 3. The molecule has 4 aliphatic heterocycles. The van der Waals surface area contributed by atoms with Gasteiger partial charge in [-0.15, -0.1) is 0 Å². The first kappa shape index (κ1) is 36.2. The van der Waals surface area contributed by atoms with Gasteiger partial charge in [0.1, 0.15) is 11.8 Å². The van der Waals surface area contributed by atoms with Gasteiger partial charge in [0.05, 0.1) is 30.0 Å². The van der Waals surface area contributed by atoms with Crippen LogP contribution in [-0.4, -0.2) is 91.0 Å². The number of hydrogen-bond acceptors (Lipinski definition) is 9. The summed E-state index contributed by atoms with van der Waals surface area (Å²) in [7, 11) is 0. The van der Waals surface area contributed by atoms with Gasteiger partial charge in [0.2, 0.25) is 11.8 Å². The number of amides is 3. The number of nitrogens with zero attached hydrogens (tertiary/aromatic N) is 6. The number of piperidine rings is 2. The number of piperazine rings is 1. The van der Waals surface area contributed by atoms with Crippen LogP contribution in [-0.2, 0) is 22.3 Å². The molecule has 0 radical (unpaired) electrons. The second kappa shape index (κ2) is 15.4. The average molecular weight is 730 g/mol. The fraction of sp³-hybridized carbons (Fsp3) is 0.462. The Kier molecular flexibility index (Phi) is 10.5. The number of nitrogens with one attached hydrogen (secondary N) is 1. The van der Waals surface area contributed by atoms with Gasteiger partial charge in [-0.2, -0.15) is 18.4 Å². The quantitative estimate of drug-likeness (QED) is 0.225. The van der Waals surface area contributed by atoms with E-state index in [2.05, 4.69) is 26.2 Å². The van der Waals surface area contributed by atoms with E-state index in [0.29, 0.717) is 49.7 Å². The molecule has 3 amide bonds. The highest BCUT2D eigenvalue weighted by Gasteiger charge is 2.39. The summed E-state index contributed by atoms with van der Waals surface area (Å²) in [6.07, 6.45) is 1.21. The zero-order chi connectivity index (χ0) is 37.1. The lowest BCUT2D eigenvalue weighted by Gasteiger charge is -2.36. The van der Waals surface area contributed by atoms with Crippen LogP contribution in [0.2, 0.25) is 0 Å². The number of halogens is 3. The van der Waals surface area contributed by atoms with E-state index in [1.807, 2.05) is 29.2 Å². The van der Waals surface area contributed by atoms with Crippen LogP contribution in [0.25, 0.3) is 0 Å². The third-order valence-electron chi connectivity index (χ3n) is 10.8. The second-order valence-electron chi connectivity index (χ2n) is 14.1. The van der Waals surface area contributed by atoms with Crippen molar-refractivity contribution in [2.75, 3.05) is 62.2 Å². The minimum atomic E-state index is -4.57. The van der Waals surface area contributed by atoms with Gasteiger partial charge in [0.15, 0.2) is 0 Å². The highest BCUT2D eigenvalue weighted by molar-refractivity contribution is 6.05. The fourth-order valence-corrected chi connectivity index (χ4v) is 7.83. The van der Waals surface area contributed by atoms with Crippen LogP contribution in [0.1, 0.15) is 77.2 Å². The van der Waals surface area contributed by atoms with Crippen molar-refractivity contribution in [3.63, 3.8) is 0 Å². The highest BCUT2D eigenvalue weighted by Crippen LogP contribution is 2.37. The van der Waals surface area contributed by atoms with Crippen molar-refractivity contribution >= 4 is 29.1 Å². The van der Waals surface area contributed by atoms with Crippen LogP contribution < -0.4 is 19.9 Å². The number of ether oxygens (including phenoxy) is 1. The lowest BCUT2D eigenvalue weighted by molar-refractivity contribution is -0.138. The minimum absolute atomic E-state index is 0.157. The predicted molar refractivity (Wildman–Crippen MR) is 190 cm³/mol. The number of imide groups is 1. The van der Waals surface area contributed by atoms with E-state index in [4.69, 9.17) is 10.00 Å². The number of unbranched alkanes of at least 4 members (excludes halogenated alkanes) is 1. The largest absolute Gasteiger partial charge is 0.492 e. The molecule has 7 rings (SSSR count). The molecular formula is C39H42F3N7O4. The molecule has 3 saturated heterocycles. The summed E-state index contributed by atoms with van der Waals surface area (Å²) in [5.74, 6) is 0.0781. The van der Waals surface area contributed by atoms with E-state index in [0.717, 1.165) is 81.4 Å². The smallest absolute Gasteiger partial charge is 0.417 e. The molecule has 1 aromatic heterocycles. The maximum absolute atomic E-state index is 13.4. The Morgan fingerprint density at radius 2 is 1.62 bits per heavy atom. The van der Waals surface area contributed by atoms with Crippen LogP contribution in [0.3, 0.4) is 0 Å². The molecule has 14 heteroatoms. The summed E-state index contributed by atoms with van der Waals surface area (Å²) >= 11 is 0. The van der Waals surface area contributed by atoms with Gasteiger partial charge < -0.3 is 19.4 Å². The maximum atomic E-state index is 13.4. The molecule has 2 aromatic carbocycles. The number of benzene rings is 2. The Morgan fingerprint density at radius 1 is 0.887 bits per heavy atom. The lowest BCUT2D eigenvalue weighted by atomic mass is 9.92. The van der Waals surface area contributed by atoms with Gasteiger partial charge in [-0.05, 0) is 92.7 Å². The standard InChI is InChI=1S/C39H42F3N7O4/c40-39(41,42)33-22-30(4-3-27(33)23-43)47-14-11-26(12-15-47)34-8-6-31(24-44-34)53-20-2-1-13-46-16-18-48(19-17-46)29-5-7-32-28(21-29)25-49(38(32)52)35-9-10-36(50)45-37(35)51/h3-8,21-22,24,26,35H,1-2,9-20,25H2,(H,45,50,51). The number of pyridine rings is 1. The summed E-state index contributed by atoms with van der Waals surface area (Å²) in [6, 6.07) is 14.8. The van der Waals surface area contributed by atoms with Crippen LogP contribution in [0, 0.1) is 11.3 Å². The highest BCUT2D eigenvalue weighted by atomic mass is 19.4. The number of nitriles is 1. The fourth-order valence-electron chi connectivity index (χ4n) is 7.83. The van der Waals surface area contributed by atoms with Gasteiger partial charge in [0.25, 0.3) is 5.91 Å². The van der Waals surface area contributed by atoms with Gasteiger partial charge >= 0.3 is 6.18 Å².